The van der Waals surface area contributed by atoms with E-state index in [0.717, 1.165) is 16.7 Å². The molecule has 24 heavy (non-hydrogen) atoms. The summed E-state index contributed by atoms with van der Waals surface area (Å²) in [6.45, 7) is 7.44. The van der Waals surface area contributed by atoms with Gasteiger partial charge in [0.1, 0.15) is 19.0 Å². The van der Waals surface area contributed by atoms with Gasteiger partial charge in [0.15, 0.2) is 0 Å². The number of ether oxygens (including phenoxy) is 2. The maximum atomic E-state index is 11.5. The number of hydrogen-bond acceptors (Lipinski definition) is 5. The molecule has 1 aromatic carbocycles. The lowest BCUT2D eigenvalue weighted by molar-refractivity contribution is -0.146. The molecular weight excluding hydrogens is 308 g/mol. The Kier molecular flexibility index (Phi) is 8.47. The van der Waals surface area contributed by atoms with E-state index >= 15 is 0 Å². The van der Waals surface area contributed by atoms with Crippen LogP contribution >= 0.6 is 0 Å². The van der Waals surface area contributed by atoms with Crippen molar-refractivity contribution < 1.29 is 23.9 Å². The Bertz CT molecular complexity index is 533. The zero-order valence-corrected chi connectivity index (χ0v) is 14.3. The summed E-state index contributed by atoms with van der Waals surface area (Å²) in [5, 5.41) is 0. The molecule has 0 aliphatic heterocycles. The minimum atomic E-state index is -0.388. The van der Waals surface area contributed by atoms with Crippen LogP contribution in [-0.4, -0.2) is 17.7 Å². The van der Waals surface area contributed by atoms with Crippen molar-refractivity contribution in [1.29, 1.82) is 0 Å². The molecule has 0 N–H and O–H groups in total. The topological polar surface area (TPSA) is 69.7 Å². The summed E-state index contributed by atoms with van der Waals surface area (Å²) in [6, 6.07) is 7.28. The summed E-state index contributed by atoms with van der Waals surface area (Å²) in [6.07, 6.45) is 1.28. The molecule has 0 bridgehead atoms. The molecule has 0 saturated carbocycles. The summed E-state index contributed by atoms with van der Waals surface area (Å²) in [4.78, 5) is 33.8. The number of esters is 2. The summed E-state index contributed by atoms with van der Waals surface area (Å²) < 4.78 is 10.3. The van der Waals surface area contributed by atoms with Crippen molar-refractivity contribution in [3.8, 4) is 0 Å². The number of rotatable bonds is 10. The second kappa shape index (κ2) is 10.4. The van der Waals surface area contributed by atoms with Crippen molar-refractivity contribution in [2.24, 2.45) is 0 Å². The van der Waals surface area contributed by atoms with Crippen LogP contribution in [-0.2, 0) is 37.1 Å². The van der Waals surface area contributed by atoms with E-state index in [1.807, 2.05) is 31.2 Å². The zero-order valence-electron chi connectivity index (χ0n) is 14.3. The average molecular weight is 332 g/mol. The molecule has 0 unspecified atom stereocenters. The van der Waals surface area contributed by atoms with E-state index < -0.39 is 0 Å². The standard InChI is InChI=1S/C19H24O5/c1-14(2)4-10-18(21)23-12-16-6-8-17(9-7-16)13-24-19(22)11-5-15(3)20/h6-9H,1,4-5,10-13H2,2-3H3. The fourth-order valence-corrected chi connectivity index (χ4v) is 1.80. The highest BCUT2D eigenvalue weighted by Crippen LogP contribution is 2.09. The Labute approximate surface area is 142 Å². The summed E-state index contributed by atoms with van der Waals surface area (Å²) in [7, 11) is 0. The van der Waals surface area contributed by atoms with Crippen molar-refractivity contribution in [3.63, 3.8) is 0 Å². The molecule has 5 nitrogen and oxygen atoms in total. The summed E-state index contributed by atoms with van der Waals surface area (Å²) in [5.74, 6) is -0.670. The fourth-order valence-electron chi connectivity index (χ4n) is 1.80. The summed E-state index contributed by atoms with van der Waals surface area (Å²) in [5.41, 5.74) is 2.66. The molecule has 0 radical (unpaired) electrons. The fraction of sp³-hybridized carbons (Fsp3) is 0.421. The molecule has 5 heteroatoms. The van der Waals surface area contributed by atoms with E-state index in [9.17, 15) is 14.4 Å². The van der Waals surface area contributed by atoms with Crippen LogP contribution in [0.2, 0.25) is 0 Å². The maximum absolute atomic E-state index is 11.5. The van der Waals surface area contributed by atoms with Gasteiger partial charge >= 0.3 is 11.9 Å². The highest BCUT2D eigenvalue weighted by molar-refractivity contribution is 5.80. The Hall–Kier alpha value is -2.43. The second-order valence-corrected chi connectivity index (χ2v) is 5.80. The van der Waals surface area contributed by atoms with Crippen molar-refractivity contribution >= 4 is 17.7 Å². The lowest BCUT2D eigenvalue weighted by Crippen LogP contribution is -2.07. The van der Waals surface area contributed by atoms with Crippen molar-refractivity contribution in [1.82, 2.24) is 0 Å². The van der Waals surface area contributed by atoms with E-state index in [1.165, 1.54) is 6.92 Å². The zero-order chi connectivity index (χ0) is 17.9. The molecule has 0 aromatic heterocycles. The molecule has 0 spiro atoms. The van der Waals surface area contributed by atoms with Crippen LogP contribution in [0.25, 0.3) is 0 Å². The number of Topliss-reactive ketones (excluding diaryl/α,β-unsaturated/α-hetero) is 1. The van der Waals surface area contributed by atoms with Gasteiger partial charge in [-0.25, -0.2) is 0 Å². The molecule has 130 valence electrons. The van der Waals surface area contributed by atoms with Crippen LogP contribution in [0.5, 0.6) is 0 Å². The van der Waals surface area contributed by atoms with Crippen LogP contribution < -0.4 is 0 Å². The molecule has 0 aliphatic carbocycles. The normalized spacial score (nSPS) is 10.1. The monoisotopic (exact) mass is 332 g/mol. The molecule has 1 aromatic rings. The first-order valence-electron chi connectivity index (χ1n) is 7.89. The van der Waals surface area contributed by atoms with Gasteiger partial charge < -0.3 is 14.3 Å². The van der Waals surface area contributed by atoms with Gasteiger partial charge in [-0.05, 0) is 31.4 Å². The number of carbonyl (C=O) groups excluding carboxylic acids is 3. The van der Waals surface area contributed by atoms with Gasteiger partial charge in [-0.2, -0.15) is 0 Å². The van der Waals surface area contributed by atoms with Gasteiger partial charge in [0.2, 0.25) is 0 Å². The Balaban J connectivity index is 2.32. The highest BCUT2D eigenvalue weighted by atomic mass is 16.5. The molecule has 1 rings (SSSR count). The van der Waals surface area contributed by atoms with Gasteiger partial charge in [0.25, 0.3) is 0 Å². The molecular formula is C19H24O5. The maximum Gasteiger partial charge on any atom is 0.306 e. The van der Waals surface area contributed by atoms with Crippen molar-refractivity contribution in [2.75, 3.05) is 0 Å². The molecule has 0 fully saturated rings. The van der Waals surface area contributed by atoms with Gasteiger partial charge in [-0.3, -0.25) is 9.59 Å². The van der Waals surface area contributed by atoms with Gasteiger partial charge in [0, 0.05) is 12.8 Å². The van der Waals surface area contributed by atoms with Gasteiger partial charge in [-0.1, -0.05) is 29.8 Å². The van der Waals surface area contributed by atoms with E-state index in [0.29, 0.717) is 12.8 Å². The Morgan fingerprint density at radius 2 is 1.21 bits per heavy atom. The van der Waals surface area contributed by atoms with E-state index in [2.05, 4.69) is 6.58 Å². The predicted octanol–water partition coefficient (Wildman–Crippen LogP) is 3.50. The third kappa shape index (κ3) is 8.88. The SMILES string of the molecule is C=C(C)CCC(=O)OCc1ccc(COC(=O)CCC(C)=O)cc1. The lowest BCUT2D eigenvalue weighted by atomic mass is 10.1. The molecule has 0 heterocycles. The first kappa shape index (κ1) is 19.6. The Morgan fingerprint density at radius 3 is 1.58 bits per heavy atom. The average Bonchev–Trinajstić information content (AvgIpc) is 2.55. The minimum absolute atomic E-state index is 0.0332. The first-order valence-corrected chi connectivity index (χ1v) is 7.89. The number of allylic oxidation sites excluding steroid dienone is 1. The minimum Gasteiger partial charge on any atom is -0.461 e. The van der Waals surface area contributed by atoms with Crippen molar-refractivity contribution in [2.45, 2.75) is 52.7 Å². The summed E-state index contributed by atoms with van der Waals surface area (Å²) >= 11 is 0. The third-order valence-corrected chi connectivity index (χ3v) is 3.26. The molecule has 0 saturated heterocycles. The van der Waals surface area contributed by atoms with Crippen LogP contribution in [0.4, 0.5) is 0 Å². The van der Waals surface area contributed by atoms with Crippen LogP contribution in [0.1, 0.15) is 50.7 Å². The van der Waals surface area contributed by atoms with E-state index in [-0.39, 0.29) is 43.8 Å². The smallest absolute Gasteiger partial charge is 0.306 e. The molecule has 0 atom stereocenters. The third-order valence-electron chi connectivity index (χ3n) is 3.26. The van der Waals surface area contributed by atoms with Gasteiger partial charge in [0.05, 0.1) is 6.42 Å². The highest BCUT2D eigenvalue weighted by Gasteiger charge is 2.06. The number of ketones is 1. The Morgan fingerprint density at radius 1 is 0.792 bits per heavy atom. The quantitative estimate of drug-likeness (QED) is 0.484. The van der Waals surface area contributed by atoms with Crippen molar-refractivity contribution in [3.05, 3.63) is 47.5 Å². The molecule has 0 aliphatic rings. The predicted molar refractivity (Wildman–Crippen MR) is 90.0 cm³/mol. The molecule has 0 amide bonds. The lowest BCUT2D eigenvalue weighted by Gasteiger charge is -2.07. The first-order chi connectivity index (χ1) is 11.4. The second-order valence-electron chi connectivity index (χ2n) is 5.80. The van der Waals surface area contributed by atoms with Crippen LogP contribution in [0.3, 0.4) is 0 Å². The van der Waals surface area contributed by atoms with E-state index in [1.54, 1.807) is 0 Å². The largest absolute Gasteiger partial charge is 0.461 e. The van der Waals surface area contributed by atoms with Gasteiger partial charge in [-0.15, -0.1) is 6.58 Å². The van der Waals surface area contributed by atoms with E-state index in [4.69, 9.17) is 9.47 Å². The van der Waals surface area contributed by atoms with Crippen LogP contribution in [0, 0.1) is 0 Å². The van der Waals surface area contributed by atoms with Crippen LogP contribution in [0.15, 0.2) is 36.4 Å². The number of benzene rings is 1. The number of hydrogen-bond donors (Lipinski definition) is 0. The number of carbonyl (C=O) groups is 3.